The molecular weight excluding hydrogens is 226 g/mol. The number of nitrogens with one attached hydrogen (secondary N) is 1. The van der Waals surface area contributed by atoms with Gasteiger partial charge in [0.2, 0.25) is 0 Å². The Morgan fingerprint density at radius 1 is 1.28 bits per heavy atom. The molecule has 1 unspecified atom stereocenters. The highest BCUT2D eigenvalue weighted by molar-refractivity contribution is 5.34. The summed E-state index contributed by atoms with van der Waals surface area (Å²) < 4.78 is 11.2. The van der Waals surface area contributed by atoms with Crippen LogP contribution in [-0.2, 0) is 0 Å². The molecule has 0 amide bonds. The van der Waals surface area contributed by atoms with Gasteiger partial charge in [0.15, 0.2) is 0 Å². The second kappa shape index (κ2) is 5.74. The second-order valence-electron chi connectivity index (χ2n) is 4.18. The first-order valence-corrected chi connectivity index (χ1v) is 6.21. The SMILES string of the molecule is CCOc1cccc(C(NC)c2ccc(C)o2)c1. The van der Waals surface area contributed by atoms with Gasteiger partial charge in [-0.15, -0.1) is 0 Å². The van der Waals surface area contributed by atoms with E-state index in [0.29, 0.717) is 6.61 Å². The molecule has 1 heterocycles. The lowest BCUT2D eigenvalue weighted by Crippen LogP contribution is -2.17. The van der Waals surface area contributed by atoms with Crippen molar-refractivity contribution >= 4 is 0 Å². The van der Waals surface area contributed by atoms with E-state index >= 15 is 0 Å². The first-order valence-electron chi connectivity index (χ1n) is 6.21. The van der Waals surface area contributed by atoms with E-state index in [1.807, 2.05) is 51.2 Å². The number of benzene rings is 1. The Kier molecular flexibility index (Phi) is 4.05. The first-order chi connectivity index (χ1) is 8.74. The predicted molar refractivity (Wildman–Crippen MR) is 72.0 cm³/mol. The van der Waals surface area contributed by atoms with E-state index in [0.717, 1.165) is 22.8 Å². The molecule has 1 N–H and O–H groups in total. The minimum atomic E-state index is 0.0547. The molecule has 3 nitrogen and oxygen atoms in total. The third kappa shape index (κ3) is 2.74. The highest BCUT2D eigenvalue weighted by Gasteiger charge is 2.15. The lowest BCUT2D eigenvalue weighted by molar-refractivity contribution is 0.339. The number of ether oxygens (including phenoxy) is 1. The van der Waals surface area contributed by atoms with Crippen molar-refractivity contribution in [3.8, 4) is 5.75 Å². The fraction of sp³-hybridized carbons (Fsp3) is 0.333. The molecule has 0 aliphatic heterocycles. The Bertz CT molecular complexity index is 505. The summed E-state index contributed by atoms with van der Waals surface area (Å²) in [6.07, 6.45) is 0. The lowest BCUT2D eigenvalue weighted by atomic mass is 10.0. The molecule has 0 spiro atoms. The molecule has 1 atom stereocenters. The van der Waals surface area contributed by atoms with Crippen molar-refractivity contribution in [3.63, 3.8) is 0 Å². The largest absolute Gasteiger partial charge is 0.494 e. The molecule has 0 aliphatic rings. The number of hydrogen-bond donors (Lipinski definition) is 1. The van der Waals surface area contributed by atoms with Crippen LogP contribution in [0.1, 0.15) is 30.0 Å². The third-order valence-corrected chi connectivity index (χ3v) is 2.84. The van der Waals surface area contributed by atoms with E-state index in [4.69, 9.17) is 9.15 Å². The monoisotopic (exact) mass is 245 g/mol. The molecular formula is C15H19NO2. The molecule has 2 aromatic rings. The maximum atomic E-state index is 5.69. The van der Waals surface area contributed by atoms with E-state index in [-0.39, 0.29) is 6.04 Å². The van der Waals surface area contributed by atoms with Gasteiger partial charge in [0.1, 0.15) is 17.3 Å². The Morgan fingerprint density at radius 3 is 2.72 bits per heavy atom. The van der Waals surface area contributed by atoms with Crippen LogP contribution in [0.3, 0.4) is 0 Å². The molecule has 0 saturated carbocycles. The molecule has 0 fully saturated rings. The van der Waals surface area contributed by atoms with Gasteiger partial charge in [-0.3, -0.25) is 0 Å². The molecule has 3 heteroatoms. The van der Waals surface area contributed by atoms with Crippen molar-refractivity contribution in [2.24, 2.45) is 0 Å². The predicted octanol–water partition coefficient (Wildman–Crippen LogP) is 3.30. The number of aryl methyl sites for hydroxylation is 1. The number of furan rings is 1. The van der Waals surface area contributed by atoms with Gasteiger partial charge in [-0.2, -0.15) is 0 Å². The summed E-state index contributed by atoms with van der Waals surface area (Å²) in [6.45, 7) is 4.61. The van der Waals surface area contributed by atoms with Gasteiger partial charge in [-0.05, 0) is 50.7 Å². The fourth-order valence-electron chi connectivity index (χ4n) is 2.03. The molecule has 0 aliphatic carbocycles. The second-order valence-corrected chi connectivity index (χ2v) is 4.18. The quantitative estimate of drug-likeness (QED) is 0.877. The van der Waals surface area contributed by atoms with Gasteiger partial charge in [0.25, 0.3) is 0 Å². The van der Waals surface area contributed by atoms with Crippen LogP contribution in [0.2, 0.25) is 0 Å². The van der Waals surface area contributed by atoms with Crippen molar-refractivity contribution < 1.29 is 9.15 Å². The Hall–Kier alpha value is -1.74. The molecule has 0 radical (unpaired) electrons. The van der Waals surface area contributed by atoms with Crippen LogP contribution in [0.15, 0.2) is 40.8 Å². The number of hydrogen-bond acceptors (Lipinski definition) is 3. The van der Waals surface area contributed by atoms with Crippen molar-refractivity contribution in [2.75, 3.05) is 13.7 Å². The minimum absolute atomic E-state index is 0.0547. The van der Waals surface area contributed by atoms with Gasteiger partial charge in [-0.1, -0.05) is 12.1 Å². The van der Waals surface area contributed by atoms with E-state index in [1.165, 1.54) is 0 Å². The van der Waals surface area contributed by atoms with E-state index in [9.17, 15) is 0 Å². The Balaban J connectivity index is 2.29. The van der Waals surface area contributed by atoms with E-state index in [2.05, 4.69) is 11.4 Å². The van der Waals surface area contributed by atoms with Crippen LogP contribution in [0.25, 0.3) is 0 Å². The Labute approximate surface area is 108 Å². The molecule has 2 rings (SSSR count). The molecule has 96 valence electrons. The maximum Gasteiger partial charge on any atom is 0.125 e. The molecule has 18 heavy (non-hydrogen) atoms. The average molecular weight is 245 g/mol. The van der Waals surface area contributed by atoms with Crippen LogP contribution < -0.4 is 10.1 Å². The van der Waals surface area contributed by atoms with E-state index in [1.54, 1.807) is 0 Å². The summed E-state index contributed by atoms with van der Waals surface area (Å²) in [5.74, 6) is 2.73. The maximum absolute atomic E-state index is 5.69. The van der Waals surface area contributed by atoms with Gasteiger partial charge >= 0.3 is 0 Å². The summed E-state index contributed by atoms with van der Waals surface area (Å²) in [5.41, 5.74) is 1.14. The first kappa shape index (κ1) is 12.7. The molecule has 1 aromatic heterocycles. The highest BCUT2D eigenvalue weighted by Crippen LogP contribution is 2.26. The van der Waals surface area contributed by atoms with Gasteiger partial charge < -0.3 is 14.5 Å². The zero-order valence-electron chi connectivity index (χ0n) is 11.1. The standard InChI is InChI=1S/C15H19NO2/c1-4-17-13-7-5-6-12(10-13)15(16-3)14-9-8-11(2)18-14/h5-10,15-16H,4H2,1-3H3. The summed E-state index contributed by atoms with van der Waals surface area (Å²) in [6, 6.07) is 12.1. The Morgan fingerprint density at radius 2 is 2.11 bits per heavy atom. The van der Waals surface area contributed by atoms with E-state index < -0.39 is 0 Å². The van der Waals surface area contributed by atoms with Gasteiger partial charge in [0, 0.05) is 0 Å². The van der Waals surface area contributed by atoms with Gasteiger partial charge in [0.05, 0.1) is 12.6 Å². The van der Waals surface area contributed by atoms with Crippen molar-refractivity contribution in [3.05, 3.63) is 53.5 Å². The van der Waals surface area contributed by atoms with Crippen LogP contribution >= 0.6 is 0 Å². The molecule has 0 saturated heterocycles. The van der Waals surface area contributed by atoms with Crippen molar-refractivity contribution in [1.29, 1.82) is 0 Å². The zero-order chi connectivity index (χ0) is 13.0. The smallest absolute Gasteiger partial charge is 0.125 e. The topological polar surface area (TPSA) is 34.4 Å². The highest BCUT2D eigenvalue weighted by atomic mass is 16.5. The van der Waals surface area contributed by atoms with Crippen LogP contribution in [0, 0.1) is 6.92 Å². The summed E-state index contributed by atoms with van der Waals surface area (Å²) in [4.78, 5) is 0. The lowest BCUT2D eigenvalue weighted by Gasteiger charge is -2.15. The number of rotatable bonds is 5. The summed E-state index contributed by atoms with van der Waals surface area (Å²) >= 11 is 0. The minimum Gasteiger partial charge on any atom is -0.494 e. The van der Waals surface area contributed by atoms with Crippen molar-refractivity contribution in [2.45, 2.75) is 19.9 Å². The molecule has 1 aromatic carbocycles. The normalized spacial score (nSPS) is 12.4. The van der Waals surface area contributed by atoms with Crippen LogP contribution in [-0.4, -0.2) is 13.7 Å². The van der Waals surface area contributed by atoms with Crippen LogP contribution in [0.4, 0.5) is 0 Å². The van der Waals surface area contributed by atoms with Crippen LogP contribution in [0.5, 0.6) is 5.75 Å². The third-order valence-electron chi connectivity index (χ3n) is 2.84. The van der Waals surface area contributed by atoms with Gasteiger partial charge in [-0.25, -0.2) is 0 Å². The fourth-order valence-corrected chi connectivity index (χ4v) is 2.03. The molecule has 0 bridgehead atoms. The zero-order valence-corrected chi connectivity index (χ0v) is 11.1. The summed E-state index contributed by atoms with van der Waals surface area (Å²) in [7, 11) is 1.93. The average Bonchev–Trinajstić information content (AvgIpc) is 2.78. The van der Waals surface area contributed by atoms with Crippen molar-refractivity contribution in [1.82, 2.24) is 5.32 Å². The summed E-state index contributed by atoms with van der Waals surface area (Å²) in [5, 5.41) is 3.27.